The highest BCUT2D eigenvalue weighted by Gasteiger charge is 2.14. The van der Waals surface area contributed by atoms with E-state index >= 15 is 0 Å². The van der Waals surface area contributed by atoms with Crippen LogP contribution in [0.5, 0.6) is 0 Å². The smallest absolute Gasteiger partial charge is 0.00193 e. The van der Waals surface area contributed by atoms with Crippen molar-refractivity contribution in [3.8, 4) is 0 Å². The maximum Gasteiger partial charge on any atom is -0.00193 e. The highest BCUT2D eigenvalue weighted by Crippen LogP contribution is 2.32. The molecule has 0 N–H and O–H groups in total. The first-order valence-electron chi connectivity index (χ1n) is 40.4. The molecular formula is C112H112. The van der Waals surface area contributed by atoms with Crippen LogP contribution in [0.1, 0.15) is 178 Å². The summed E-state index contributed by atoms with van der Waals surface area (Å²) in [7, 11) is 0. The van der Waals surface area contributed by atoms with Crippen molar-refractivity contribution in [2.45, 2.75) is 162 Å². The molecule has 0 unspecified atom stereocenters. The molecule has 0 atom stereocenters. The summed E-state index contributed by atoms with van der Waals surface area (Å²) in [4.78, 5) is 0. The predicted molar refractivity (Wildman–Crippen MR) is 486 cm³/mol. The molecule has 0 saturated heterocycles. The molecule has 16 aromatic carbocycles. The van der Waals surface area contributed by atoms with Crippen molar-refractivity contribution in [3.63, 3.8) is 0 Å². The molecule has 0 bridgehead atoms. The standard InChI is InChI=1S/4C28H28/c1-19-9-20(2)12-25(11-19)15-23-5-7-28-18-24(6-8-27(28)17-23)16-26-13-21(3)10-22(4)14-26;1-19-11-20(2)14-23(13-19)17-26-9-5-7-25-8-6-10-27(28(25)26)18-24-15-21(3)12-22(4)16-24;1-19-10-20(2)13-24(12-19)16-23-8-9-28-26(17-23)6-5-7-27(28)18-25-14-21(3)11-22(4)15-25;1-19-9-20(2)12-23(11-19)15-27-17-25-7-5-6-8-26(25)18-28(27)16-24-13-21(3)10-22(4)14-24/h5-14,17-18H,15-16H2,1-4H3;5-16H,17-18H2,1-4H3;5-15,17H,16,18H2,1-4H3;5-14,17-18H,15-16H2,1-4H3. The van der Waals surface area contributed by atoms with E-state index in [1.807, 2.05) is 0 Å². The van der Waals surface area contributed by atoms with E-state index < -0.39 is 0 Å². The molecule has 560 valence electrons. The Kier molecular flexibility index (Phi) is 25.1. The van der Waals surface area contributed by atoms with Crippen LogP contribution < -0.4 is 0 Å². The Morgan fingerprint density at radius 1 is 0.134 bits per heavy atom. The first kappa shape index (κ1) is 78.7. The highest BCUT2D eigenvalue weighted by atomic mass is 14.2. The van der Waals surface area contributed by atoms with Crippen LogP contribution in [-0.4, -0.2) is 0 Å². The Bertz CT molecular complexity index is 5640. The van der Waals surface area contributed by atoms with Gasteiger partial charge in [-0.15, -0.1) is 0 Å². The molecule has 16 aromatic rings. The largest absolute Gasteiger partial charge is 0.0616 e. The molecule has 0 aliphatic heterocycles. The number of hydrogen-bond acceptors (Lipinski definition) is 0. The quantitative estimate of drug-likeness (QED) is 0.0904. The van der Waals surface area contributed by atoms with Crippen molar-refractivity contribution in [1.29, 1.82) is 0 Å². The monoisotopic (exact) mass is 1460 g/mol. The average molecular weight is 1460 g/mol. The second-order valence-corrected chi connectivity index (χ2v) is 33.3. The minimum atomic E-state index is 0.976. The third-order valence-corrected chi connectivity index (χ3v) is 21.6. The lowest BCUT2D eigenvalue weighted by Crippen LogP contribution is -1.99. The molecule has 16 rings (SSSR count). The van der Waals surface area contributed by atoms with Crippen LogP contribution in [0.4, 0.5) is 0 Å². The van der Waals surface area contributed by atoms with Crippen molar-refractivity contribution in [2.24, 2.45) is 0 Å². The Labute approximate surface area is 670 Å². The minimum absolute atomic E-state index is 0.976. The lowest BCUT2D eigenvalue weighted by atomic mass is 9.91. The van der Waals surface area contributed by atoms with Crippen molar-refractivity contribution in [3.05, 3.63) is 469 Å². The Morgan fingerprint density at radius 2 is 0.348 bits per heavy atom. The lowest BCUT2D eigenvalue weighted by molar-refractivity contribution is 1.08. The molecule has 0 aliphatic rings. The van der Waals surface area contributed by atoms with Crippen LogP contribution >= 0.6 is 0 Å². The molecule has 0 nitrogen and oxygen atoms in total. The summed E-state index contributed by atoms with van der Waals surface area (Å²) < 4.78 is 0. The van der Waals surface area contributed by atoms with Crippen molar-refractivity contribution in [2.75, 3.05) is 0 Å². The summed E-state index contributed by atoms with van der Waals surface area (Å²) in [6, 6.07) is 109. The zero-order valence-corrected chi connectivity index (χ0v) is 69.4. The van der Waals surface area contributed by atoms with Gasteiger partial charge in [-0.2, -0.15) is 0 Å². The number of aryl methyl sites for hydroxylation is 16. The zero-order valence-electron chi connectivity index (χ0n) is 69.4. The fourth-order valence-corrected chi connectivity index (χ4v) is 17.9. The molecule has 112 heavy (non-hydrogen) atoms. The van der Waals surface area contributed by atoms with Gasteiger partial charge in [0.1, 0.15) is 0 Å². The van der Waals surface area contributed by atoms with Crippen LogP contribution in [0.25, 0.3) is 43.1 Å². The fourth-order valence-electron chi connectivity index (χ4n) is 17.9. The van der Waals surface area contributed by atoms with Gasteiger partial charge in [-0.1, -0.05) is 380 Å². The molecule has 0 saturated carbocycles. The summed E-state index contributed by atoms with van der Waals surface area (Å²) in [6.07, 6.45) is 7.86. The van der Waals surface area contributed by atoms with Gasteiger partial charge in [-0.25, -0.2) is 0 Å². The fraction of sp³-hybridized carbons (Fsp3) is 0.214. The molecule has 0 aromatic heterocycles. The first-order chi connectivity index (χ1) is 53.8. The molecule has 0 spiro atoms. The maximum absolute atomic E-state index is 2.39. The molecule has 0 fully saturated rings. The Balaban J connectivity index is 0.000000131. The van der Waals surface area contributed by atoms with Crippen LogP contribution in [0, 0.1) is 111 Å². The van der Waals surface area contributed by atoms with E-state index in [1.54, 1.807) is 0 Å². The van der Waals surface area contributed by atoms with Gasteiger partial charge in [0, 0.05) is 0 Å². The average Bonchev–Trinajstić information content (AvgIpc) is 0.820. The van der Waals surface area contributed by atoms with Gasteiger partial charge in [0.15, 0.2) is 0 Å². The summed E-state index contributed by atoms with van der Waals surface area (Å²) in [5, 5.41) is 10.8. The topological polar surface area (TPSA) is 0 Å². The van der Waals surface area contributed by atoms with Crippen molar-refractivity contribution in [1.82, 2.24) is 0 Å². The van der Waals surface area contributed by atoms with E-state index in [2.05, 4.69) is 402 Å². The van der Waals surface area contributed by atoms with Gasteiger partial charge in [0.2, 0.25) is 0 Å². The van der Waals surface area contributed by atoms with Crippen LogP contribution in [0.3, 0.4) is 0 Å². The minimum Gasteiger partial charge on any atom is -0.0616 e. The summed E-state index contributed by atoms with van der Waals surface area (Å²) >= 11 is 0. The third kappa shape index (κ3) is 21.6. The first-order valence-corrected chi connectivity index (χ1v) is 40.4. The number of rotatable bonds is 16. The second-order valence-electron chi connectivity index (χ2n) is 33.3. The Hall–Kier alpha value is -11.4. The molecule has 0 heterocycles. The number of fused-ring (bicyclic) bond motifs is 4. The van der Waals surface area contributed by atoms with E-state index in [4.69, 9.17) is 0 Å². The van der Waals surface area contributed by atoms with Crippen LogP contribution in [-0.2, 0) is 51.4 Å². The molecule has 0 heteroatoms. The molecule has 0 amide bonds. The number of hydrogen-bond donors (Lipinski definition) is 0. The van der Waals surface area contributed by atoms with Gasteiger partial charge < -0.3 is 0 Å². The van der Waals surface area contributed by atoms with E-state index in [9.17, 15) is 0 Å². The highest BCUT2D eigenvalue weighted by molar-refractivity contribution is 5.90. The summed E-state index contributed by atoms with van der Waals surface area (Å²) in [5.41, 5.74) is 43.8. The lowest BCUT2D eigenvalue weighted by Gasteiger charge is -2.14. The SMILES string of the molecule is Cc1cc(C)cc(Cc2cc3ccccc3cc2Cc2cc(C)cc(C)c2)c1.Cc1cc(C)cc(Cc2ccc3c(Cc4cc(C)cc(C)c4)cccc3c2)c1.Cc1cc(C)cc(Cc2ccc3cc(Cc4cc(C)cc(C)c4)ccc3c2)c1.Cc1cc(C)cc(Cc2cccc3cccc(Cc4cc(C)cc(C)c4)c23)c1. The summed E-state index contributed by atoms with van der Waals surface area (Å²) in [6.45, 7) is 34.9. The van der Waals surface area contributed by atoms with E-state index in [-0.39, 0.29) is 0 Å². The van der Waals surface area contributed by atoms with Gasteiger partial charge in [0.05, 0.1) is 0 Å². The normalized spacial score (nSPS) is 11.1. The molecule has 0 radical (unpaired) electrons. The number of benzene rings is 16. The van der Waals surface area contributed by atoms with Gasteiger partial charge >= 0.3 is 0 Å². The molecular weight excluding hydrogens is 1350 g/mol. The van der Waals surface area contributed by atoms with E-state index in [0.29, 0.717) is 0 Å². The van der Waals surface area contributed by atoms with Crippen LogP contribution in [0.15, 0.2) is 291 Å². The summed E-state index contributed by atoms with van der Waals surface area (Å²) in [5.74, 6) is 0. The maximum atomic E-state index is 2.39. The zero-order chi connectivity index (χ0) is 78.7. The third-order valence-electron chi connectivity index (χ3n) is 21.6. The second kappa shape index (κ2) is 35.7. The predicted octanol–water partition coefficient (Wildman–Crippen LogP) is 29.0. The van der Waals surface area contributed by atoms with Gasteiger partial charge in [-0.05, 0) is 294 Å². The van der Waals surface area contributed by atoms with Gasteiger partial charge in [0.25, 0.3) is 0 Å². The van der Waals surface area contributed by atoms with Crippen LogP contribution in [0.2, 0.25) is 0 Å². The van der Waals surface area contributed by atoms with E-state index in [1.165, 1.54) is 221 Å². The van der Waals surface area contributed by atoms with Crippen molar-refractivity contribution < 1.29 is 0 Å². The van der Waals surface area contributed by atoms with Gasteiger partial charge in [-0.3, -0.25) is 0 Å². The molecule has 0 aliphatic carbocycles. The Morgan fingerprint density at radius 3 is 0.643 bits per heavy atom. The van der Waals surface area contributed by atoms with E-state index in [0.717, 1.165) is 51.4 Å². The van der Waals surface area contributed by atoms with Crippen molar-refractivity contribution >= 4 is 43.1 Å².